The molecule has 0 fully saturated rings. The van der Waals surface area contributed by atoms with Gasteiger partial charge in [-0.3, -0.25) is 0 Å². The Morgan fingerprint density at radius 2 is 1.69 bits per heavy atom. The van der Waals surface area contributed by atoms with Crippen LogP contribution >= 0.6 is 35.5 Å². The third kappa shape index (κ3) is 8.48. The molecule has 0 aromatic heterocycles. The first-order valence-corrected chi connectivity index (χ1v) is 25.6. The topological polar surface area (TPSA) is 27.6 Å². The molecule has 1 rings (SSSR count). The number of quaternary nitrogens is 1. The second-order valence-corrected chi connectivity index (χ2v) is 30.4. The van der Waals surface area contributed by atoms with Crippen molar-refractivity contribution >= 4 is 51.2 Å². The molecule has 0 saturated carbocycles. The van der Waals surface area contributed by atoms with Gasteiger partial charge in [0.25, 0.3) is 0 Å². The maximum absolute atomic E-state index is 12.3. The fourth-order valence-electron chi connectivity index (χ4n) is 0.855. The van der Waals surface area contributed by atoms with E-state index in [4.69, 9.17) is 0 Å². The quantitative estimate of drug-likeness (QED) is 0.398. The Hall–Kier alpha value is 1.49. The van der Waals surface area contributed by atoms with Crippen molar-refractivity contribution in [1.29, 1.82) is 0 Å². The van der Waals surface area contributed by atoms with Crippen LogP contribution in [0.4, 0.5) is 4.39 Å². The molecule has 1 nitrogen and oxygen atoms in total. The van der Waals surface area contributed by atoms with Gasteiger partial charge >= 0.3 is 51.2 Å². The molecule has 0 spiro atoms. The molecular formula is C8H11FI2NPb+. The molecule has 1 aromatic rings. The average Bonchev–Trinajstić information content (AvgIpc) is 2.11. The summed E-state index contributed by atoms with van der Waals surface area (Å²) < 4.78 is 12.3. The summed E-state index contributed by atoms with van der Waals surface area (Å²) in [6.07, 6.45) is 0.931. The Kier molecular flexibility index (Phi) is 11.2. The van der Waals surface area contributed by atoms with Gasteiger partial charge in [-0.25, -0.2) is 4.39 Å². The standard InChI is InChI=1S/C8H10FN.2HI.Pb/c9-8-3-1-7(2-4-8)5-6-10;;;/h1-4H,5-6,10H2;2*1H;/q;;;+2/p-1. The Balaban J connectivity index is 0.000000424. The molecular weight excluding hydrogens is 590 g/mol. The summed E-state index contributed by atoms with van der Waals surface area (Å²) in [6.45, 7) is 0.867. The Labute approximate surface area is 108 Å². The van der Waals surface area contributed by atoms with Gasteiger partial charge in [0.05, 0.1) is 6.54 Å². The summed E-state index contributed by atoms with van der Waals surface area (Å²) in [4.78, 5) is 0. The van der Waals surface area contributed by atoms with Crippen LogP contribution in [0.1, 0.15) is 5.56 Å². The van der Waals surface area contributed by atoms with Crippen LogP contribution < -0.4 is 5.73 Å². The third-order valence-corrected chi connectivity index (χ3v) is 1.38. The van der Waals surface area contributed by atoms with Gasteiger partial charge in [0, 0.05) is 6.42 Å². The number of hydrogen-bond donors (Lipinski definition) is 1. The van der Waals surface area contributed by atoms with Crippen molar-refractivity contribution in [2.75, 3.05) is 6.54 Å². The fourth-order valence-corrected chi connectivity index (χ4v) is 0.855. The maximum Gasteiger partial charge on any atom is 0.123 e. The van der Waals surface area contributed by atoms with Crippen LogP contribution in [0.15, 0.2) is 24.3 Å². The molecule has 1 aromatic carbocycles. The third-order valence-electron chi connectivity index (χ3n) is 1.38. The van der Waals surface area contributed by atoms with Gasteiger partial charge in [0.2, 0.25) is 0 Å². The molecule has 0 aliphatic carbocycles. The van der Waals surface area contributed by atoms with E-state index in [2.05, 4.69) is 41.3 Å². The molecule has 0 aliphatic rings. The molecule has 13 heavy (non-hydrogen) atoms. The minimum atomic E-state index is -0.173. The summed E-state index contributed by atoms with van der Waals surface area (Å²) in [5, 5.41) is 0. The van der Waals surface area contributed by atoms with Crippen LogP contribution in [-0.4, -0.2) is 22.2 Å². The molecule has 0 aliphatic heterocycles. The van der Waals surface area contributed by atoms with Gasteiger partial charge in [-0.15, -0.1) is 0 Å². The smallest absolute Gasteiger partial charge is 0.123 e. The van der Waals surface area contributed by atoms with Crippen LogP contribution in [0.3, 0.4) is 0 Å². The monoisotopic (exact) mass is 602 g/mol. The molecule has 0 bridgehead atoms. The molecule has 0 unspecified atom stereocenters. The van der Waals surface area contributed by atoms with E-state index in [-0.39, 0.29) is 21.5 Å². The van der Waals surface area contributed by atoms with Crippen molar-refractivity contribution in [3.8, 4) is 0 Å². The molecule has 0 atom stereocenters. The minimum absolute atomic E-state index is 0.0233. The number of hydrogen-bond acceptors (Lipinski definition) is 0. The van der Waals surface area contributed by atoms with E-state index in [1.807, 2.05) is 0 Å². The molecule has 3 N–H and O–H groups in total. The number of rotatable bonds is 2. The Morgan fingerprint density at radius 1 is 1.23 bits per heavy atom. The van der Waals surface area contributed by atoms with E-state index < -0.39 is 0 Å². The van der Waals surface area contributed by atoms with E-state index >= 15 is 0 Å². The van der Waals surface area contributed by atoms with Crippen molar-refractivity contribution in [3.05, 3.63) is 35.6 Å². The summed E-state index contributed by atoms with van der Waals surface area (Å²) in [5.41, 5.74) is 4.86. The van der Waals surface area contributed by atoms with E-state index in [9.17, 15) is 4.39 Å². The van der Waals surface area contributed by atoms with Crippen LogP contribution in [0, 0.1) is 5.82 Å². The van der Waals surface area contributed by atoms with Gasteiger partial charge in [-0.2, -0.15) is 0 Å². The zero-order valence-corrected chi connectivity index (χ0v) is 15.3. The molecule has 2 radical (unpaired) electrons. The summed E-state index contributed by atoms with van der Waals surface area (Å²) >= 11 is 4.96. The van der Waals surface area contributed by atoms with Gasteiger partial charge in [0.1, 0.15) is 5.82 Å². The second-order valence-electron chi connectivity index (χ2n) is 2.30. The van der Waals surface area contributed by atoms with Crippen LogP contribution in [-0.2, 0) is 6.42 Å². The zero-order chi connectivity index (χ0) is 10.1. The first-order valence-electron chi connectivity index (χ1n) is 3.74. The van der Waals surface area contributed by atoms with Crippen LogP contribution in [0.2, 0.25) is 0 Å². The second kappa shape index (κ2) is 10.0. The van der Waals surface area contributed by atoms with E-state index in [0.29, 0.717) is 0 Å². The molecule has 0 saturated heterocycles. The van der Waals surface area contributed by atoms with Crippen molar-refractivity contribution < 1.29 is 10.1 Å². The van der Waals surface area contributed by atoms with Gasteiger partial charge < -0.3 is 5.73 Å². The largest absolute Gasteiger partial charge is 0.357 e. The zero-order valence-electron chi connectivity index (χ0n) is 7.06. The molecule has 5 heteroatoms. The van der Waals surface area contributed by atoms with Crippen molar-refractivity contribution in [1.82, 2.24) is 0 Å². The normalized spacial score (nSPS) is 8.92. The van der Waals surface area contributed by atoms with Gasteiger partial charge in [-0.05, 0) is 17.7 Å². The Bertz CT molecular complexity index is 218. The number of benzene rings is 1. The first kappa shape index (κ1) is 14.5. The first-order chi connectivity index (χ1) is 6.24. The maximum atomic E-state index is 12.3. The molecule has 0 heterocycles. The Morgan fingerprint density at radius 3 is 2.08 bits per heavy atom. The van der Waals surface area contributed by atoms with Crippen molar-refractivity contribution in [2.45, 2.75) is 6.42 Å². The van der Waals surface area contributed by atoms with Crippen LogP contribution in [0.5, 0.6) is 0 Å². The minimum Gasteiger partial charge on any atom is -0.357 e. The SMILES string of the molecule is [I][Pb][I].[NH3+]CCc1ccc(F)cc1. The van der Waals surface area contributed by atoms with Gasteiger partial charge in [-0.1, -0.05) is 12.1 Å². The summed E-state index contributed by atoms with van der Waals surface area (Å²) in [6, 6.07) is 6.54. The predicted molar refractivity (Wildman–Crippen MR) is 71.7 cm³/mol. The van der Waals surface area contributed by atoms with Gasteiger partial charge in [0.15, 0.2) is 0 Å². The molecule has 72 valence electrons. The van der Waals surface area contributed by atoms with Crippen molar-refractivity contribution in [2.24, 2.45) is 0 Å². The predicted octanol–water partition coefficient (Wildman–Crippen LogP) is 2.00. The fraction of sp³-hybridized carbons (Fsp3) is 0.250. The number of halogens is 3. The van der Waals surface area contributed by atoms with Crippen molar-refractivity contribution in [3.63, 3.8) is 0 Å². The van der Waals surface area contributed by atoms with E-state index in [0.717, 1.165) is 18.5 Å². The molecule has 0 amide bonds. The summed E-state index contributed by atoms with van der Waals surface area (Å²) in [7, 11) is 0. The summed E-state index contributed by atoms with van der Waals surface area (Å²) in [5.74, 6) is -0.173. The van der Waals surface area contributed by atoms with E-state index in [1.165, 1.54) is 12.1 Å². The average molecular weight is 601 g/mol. The van der Waals surface area contributed by atoms with E-state index in [1.54, 1.807) is 12.1 Å². The van der Waals surface area contributed by atoms with Crippen LogP contribution in [0.25, 0.3) is 0 Å².